The molecule has 0 aliphatic heterocycles. The molecule has 0 spiro atoms. The molecule has 2 aromatic heterocycles. The van der Waals surface area contributed by atoms with Gasteiger partial charge in [0, 0.05) is 11.8 Å². The molecule has 0 fully saturated rings. The molecule has 0 amide bonds. The molecule has 0 atom stereocenters. The summed E-state index contributed by atoms with van der Waals surface area (Å²) in [7, 11) is -3.62. The van der Waals surface area contributed by atoms with Crippen molar-refractivity contribution in [3.8, 4) is 0 Å². The highest BCUT2D eigenvalue weighted by Crippen LogP contribution is 2.12. The van der Waals surface area contributed by atoms with Crippen molar-refractivity contribution in [3.05, 3.63) is 24.3 Å². The number of aryl methyl sites for hydroxylation is 1. The molecule has 8 heteroatoms. The number of anilines is 1. The van der Waals surface area contributed by atoms with Gasteiger partial charge in [-0.2, -0.15) is 13.5 Å². The Labute approximate surface area is 92.4 Å². The van der Waals surface area contributed by atoms with Gasteiger partial charge in [0.15, 0.2) is 10.8 Å². The van der Waals surface area contributed by atoms with Gasteiger partial charge in [0.05, 0.1) is 12.5 Å². The van der Waals surface area contributed by atoms with E-state index in [0.29, 0.717) is 0 Å². The standard InChI is InChI=1S/C8H11N5O2S/c1-2-6-3-7(12-11-6)13-16(14,15)8-4-9-5-10-8/h3-5H,2H2,1H3,(H,9,10)(H2,11,12,13). The lowest BCUT2D eigenvalue weighted by Crippen LogP contribution is -2.13. The van der Waals surface area contributed by atoms with Crippen LogP contribution in [0.1, 0.15) is 12.6 Å². The van der Waals surface area contributed by atoms with Crippen molar-refractivity contribution < 1.29 is 8.42 Å². The fraction of sp³-hybridized carbons (Fsp3) is 0.250. The predicted molar refractivity (Wildman–Crippen MR) is 57.4 cm³/mol. The average Bonchev–Trinajstić information content (AvgIpc) is 2.86. The molecule has 86 valence electrons. The molecule has 0 aromatic carbocycles. The fourth-order valence-electron chi connectivity index (χ4n) is 1.18. The number of nitrogens with zero attached hydrogens (tertiary/aromatic N) is 2. The Hall–Kier alpha value is -1.83. The number of aromatic amines is 2. The van der Waals surface area contributed by atoms with Crippen LogP contribution in [0.3, 0.4) is 0 Å². The van der Waals surface area contributed by atoms with Gasteiger partial charge in [-0.3, -0.25) is 9.82 Å². The number of imidazole rings is 1. The number of rotatable bonds is 4. The molecule has 0 saturated heterocycles. The molecule has 2 heterocycles. The topological polar surface area (TPSA) is 104 Å². The first-order valence-electron chi connectivity index (χ1n) is 4.67. The molecule has 0 unspecified atom stereocenters. The van der Waals surface area contributed by atoms with Crippen LogP contribution in [-0.4, -0.2) is 28.6 Å². The maximum Gasteiger partial charge on any atom is 0.280 e. The van der Waals surface area contributed by atoms with Gasteiger partial charge < -0.3 is 4.98 Å². The van der Waals surface area contributed by atoms with E-state index in [0.717, 1.165) is 12.1 Å². The quantitative estimate of drug-likeness (QED) is 0.724. The molecule has 0 saturated carbocycles. The van der Waals surface area contributed by atoms with Crippen molar-refractivity contribution in [2.24, 2.45) is 0 Å². The average molecular weight is 241 g/mol. The van der Waals surface area contributed by atoms with E-state index in [9.17, 15) is 8.42 Å². The van der Waals surface area contributed by atoms with Gasteiger partial charge in [-0.25, -0.2) is 4.98 Å². The first-order valence-corrected chi connectivity index (χ1v) is 6.15. The molecule has 0 bridgehead atoms. The number of H-pyrrole nitrogens is 2. The smallest absolute Gasteiger partial charge is 0.280 e. The SMILES string of the molecule is CCc1cc(NS(=O)(=O)c2cnc[nH]2)n[nH]1. The molecule has 0 radical (unpaired) electrons. The van der Waals surface area contributed by atoms with Gasteiger partial charge >= 0.3 is 0 Å². The summed E-state index contributed by atoms with van der Waals surface area (Å²) in [6.45, 7) is 1.95. The zero-order chi connectivity index (χ0) is 11.6. The third-order valence-corrected chi connectivity index (χ3v) is 3.29. The van der Waals surface area contributed by atoms with Crippen LogP contribution in [-0.2, 0) is 16.4 Å². The third-order valence-electron chi connectivity index (χ3n) is 2.01. The predicted octanol–water partition coefficient (Wildman–Crippen LogP) is 0.496. The monoisotopic (exact) mass is 241 g/mol. The zero-order valence-corrected chi connectivity index (χ0v) is 9.37. The van der Waals surface area contributed by atoms with Crippen molar-refractivity contribution in [3.63, 3.8) is 0 Å². The van der Waals surface area contributed by atoms with Crippen molar-refractivity contribution in [1.82, 2.24) is 20.2 Å². The van der Waals surface area contributed by atoms with E-state index in [1.54, 1.807) is 6.07 Å². The molecule has 7 nitrogen and oxygen atoms in total. The van der Waals surface area contributed by atoms with Crippen molar-refractivity contribution in [2.75, 3.05) is 4.72 Å². The molecule has 16 heavy (non-hydrogen) atoms. The van der Waals surface area contributed by atoms with Gasteiger partial charge in [0.2, 0.25) is 0 Å². The molecular formula is C8H11N5O2S. The van der Waals surface area contributed by atoms with Crippen LogP contribution in [0.15, 0.2) is 23.6 Å². The first-order chi connectivity index (χ1) is 7.62. The molecule has 3 N–H and O–H groups in total. The van der Waals surface area contributed by atoms with E-state index in [4.69, 9.17) is 0 Å². The highest BCUT2D eigenvalue weighted by atomic mass is 32.2. The normalized spacial score (nSPS) is 11.6. The van der Waals surface area contributed by atoms with E-state index < -0.39 is 10.0 Å². The van der Waals surface area contributed by atoms with Crippen LogP contribution in [0.4, 0.5) is 5.82 Å². The van der Waals surface area contributed by atoms with Gasteiger partial charge in [-0.15, -0.1) is 0 Å². The summed E-state index contributed by atoms with van der Waals surface area (Å²) in [6, 6.07) is 1.65. The van der Waals surface area contributed by atoms with Crippen LogP contribution in [0, 0.1) is 0 Å². The summed E-state index contributed by atoms with van der Waals surface area (Å²) in [6.07, 6.45) is 3.30. The maximum absolute atomic E-state index is 11.7. The largest absolute Gasteiger partial charge is 0.334 e. The van der Waals surface area contributed by atoms with Crippen molar-refractivity contribution in [2.45, 2.75) is 18.4 Å². The van der Waals surface area contributed by atoms with Crippen LogP contribution in [0.25, 0.3) is 0 Å². The van der Waals surface area contributed by atoms with Gasteiger partial charge in [0.1, 0.15) is 0 Å². The Bertz CT molecular complexity index is 557. The van der Waals surface area contributed by atoms with E-state index in [-0.39, 0.29) is 10.8 Å². The lowest BCUT2D eigenvalue weighted by Gasteiger charge is -2.01. The molecule has 2 rings (SSSR count). The number of aromatic nitrogens is 4. The summed E-state index contributed by atoms with van der Waals surface area (Å²) < 4.78 is 25.8. The second-order valence-electron chi connectivity index (χ2n) is 3.15. The molecular weight excluding hydrogens is 230 g/mol. The Kier molecular flexibility index (Phi) is 2.65. The van der Waals surface area contributed by atoms with Crippen LogP contribution in [0.5, 0.6) is 0 Å². The van der Waals surface area contributed by atoms with Crippen LogP contribution >= 0.6 is 0 Å². The van der Waals surface area contributed by atoms with E-state index in [2.05, 4.69) is 24.9 Å². The Balaban J connectivity index is 2.21. The number of hydrogen-bond donors (Lipinski definition) is 3. The van der Waals surface area contributed by atoms with E-state index in [1.165, 1.54) is 12.5 Å². The highest BCUT2D eigenvalue weighted by molar-refractivity contribution is 7.92. The summed E-state index contributed by atoms with van der Waals surface area (Å²) >= 11 is 0. The van der Waals surface area contributed by atoms with Gasteiger partial charge in [-0.05, 0) is 6.42 Å². The van der Waals surface area contributed by atoms with Crippen LogP contribution < -0.4 is 4.72 Å². The third kappa shape index (κ3) is 2.06. The lowest BCUT2D eigenvalue weighted by atomic mass is 10.3. The Morgan fingerprint density at radius 1 is 1.50 bits per heavy atom. The fourth-order valence-corrected chi connectivity index (χ4v) is 2.08. The van der Waals surface area contributed by atoms with Crippen molar-refractivity contribution >= 4 is 15.8 Å². The maximum atomic E-state index is 11.7. The second-order valence-corrected chi connectivity index (χ2v) is 4.80. The number of sulfonamides is 1. The summed E-state index contributed by atoms with van der Waals surface area (Å²) in [5.41, 5.74) is 0.863. The summed E-state index contributed by atoms with van der Waals surface area (Å²) in [5.74, 6) is 0.270. The minimum atomic E-state index is -3.62. The zero-order valence-electron chi connectivity index (χ0n) is 8.56. The van der Waals surface area contributed by atoms with Gasteiger partial charge in [-0.1, -0.05) is 6.92 Å². The van der Waals surface area contributed by atoms with E-state index >= 15 is 0 Å². The Morgan fingerprint density at radius 3 is 2.88 bits per heavy atom. The first kappa shape index (κ1) is 10.7. The van der Waals surface area contributed by atoms with Crippen LogP contribution in [0.2, 0.25) is 0 Å². The van der Waals surface area contributed by atoms with Crippen molar-refractivity contribution in [1.29, 1.82) is 0 Å². The molecule has 2 aromatic rings. The Morgan fingerprint density at radius 2 is 2.31 bits per heavy atom. The highest BCUT2D eigenvalue weighted by Gasteiger charge is 2.16. The number of nitrogens with one attached hydrogen (secondary N) is 3. The second kappa shape index (κ2) is 3.97. The lowest BCUT2D eigenvalue weighted by molar-refractivity contribution is 0.598. The minimum Gasteiger partial charge on any atom is -0.334 e. The summed E-state index contributed by atoms with van der Waals surface area (Å²) in [5, 5.41) is 6.56. The number of hydrogen-bond acceptors (Lipinski definition) is 4. The molecule has 0 aliphatic carbocycles. The minimum absolute atomic E-state index is 0.00792. The van der Waals surface area contributed by atoms with Gasteiger partial charge in [0.25, 0.3) is 10.0 Å². The summed E-state index contributed by atoms with van der Waals surface area (Å²) in [4.78, 5) is 6.17. The van der Waals surface area contributed by atoms with E-state index in [1.807, 2.05) is 6.92 Å². The molecule has 0 aliphatic rings.